The number of fused-ring (bicyclic) bond motifs is 8. The third-order valence-electron chi connectivity index (χ3n) is 7.88. The lowest BCUT2D eigenvalue weighted by molar-refractivity contribution is 1.08. The SMILES string of the molecule is C1=Cc2nc1c(C1SCCCS1)c1nc(c(C3SCCCS3)c3ccc(cc4ccc([nH]4)c2C2SCCCS2)[nH]3)C=C1. The van der Waals surface area contributed by atoms with Crippen LogP contribution in [0, 0.1) is 0 Å². The molecule has 5 aliphatic heterocycles. The summed E-state index contributed by atoms with van der Waals surface area (Å²) >= 11 is 12.3. The van der Waals surface area contributed by atoms with Crippen molar-refractivity contribution in [3.63, 3.8) is 0 Å². The Hall–Kier alpha value is -1.30. The number of rotatable bonds is 3. The molecular weight excluding hydrogens is 633 g/mol. The molecule has 5 aliphatic rings. The molecule has 0 amide bonds. The van der Waals surface area contributed by atoms with Gasteiger partial charge in [-0.2, -0.15) is 0 Å². The molecule has 0 aliphatic carbocycles. The molecule has 0 radical (unpaired) electrons. The number of aromatic nitrogens is 4. The number of H-pyrrole nitrogens is 2. The third-order valence-corrected chi connectivity index (χ3v) is 16.7. The number of nitrogens with one attached hydrogen (secondary N) is 2. The zero-order valence-electron chi connectivity index (χ0n) is 23.1. The van der Waals surface area contributed by atoms with Crippen LogP contribution in [0.2, 0.25) is 0 Å². The van der Waals surface area contributed by atoms with Crippen LogP contribution in [0.5, 0.6) is 0 Å². The van der Waals surface area contributed by atoms with Crippen molar-refractivity contribution in [1.82, 2.24) is 19.9 Å². The van der Waals surface area contributed by atoms with Gasteiger partial charge >= 0.3 is 0 Å². The largest absolute Gasteiger partial charge is 0.355 e. The van der Waals surface area contributed by atoms with E-state index in [0.717, 1.165) is 33.8 Å². The Morgan fingerprint density at radius 3 is 1.24 bits per heavy atom. The fourth-order valence-corrected chi connectivity index (χ4v) is 15.0. The van der Waals surface area contributed by atoms with Crippen LogP contribution in [0.1, 0.15) is 72.5 Å². The van der Waals surface area contributed by atoms with E-state index < -0.39 is 0 Å². The van der Waals surface area contributed by atoms with Gasteiger partial charge in [-0.3, -0.25) is 0 Å². The highest BCUT2D eigenvalue weighted by Gasteiger charge is 2.28. The van der Waals surface area contributed by atoms with Crippen molar-refractivity contribution in [2.45, 2.75) is 33.0 Å². The summed E-state index contributed by atoms with van der Waals surface area (Å²) in [7, 11) is 0. The summed E-state index contributed by atoms with van der Waals surface area (Å²) < 4.78 is 1.09. The monoisotopic (exact) mass is 664 g/mol. The maximum Gasteiger partial charge on any atom is 0.0793 e. The molecule has 3 saturated heterocycles. The van der Waals surface area contributed by atoms with E-state index in [-0.39, 0.29) is 0 Å². The van der Waals surface area contributed by atoms with Gasteiger partial charge in [-0.25, -0.2) is 9.97 Å². The molecule has 3 aromatic heterocycles. The lowest BCUT2D eigenvalue weighted by Gasteiger charge is -2.23. The molecule has 0 aromatic carbocycles. The molecule has 0 spiro atoms. The lowest BCUT2D eigenvalue weighted by Crippen LogP contribution is -2.05. The van der Waals surface area contributed by atoms with Crippen LogP contribution in [0.3, 0.4) is 0 Å². The van der Waals surface area contributed by atoms with Gasteiger partial charge in [0.1, 0.15) is 0 Å². The topological polar surface area (TPSA) is 57.4 Å². The Morgan fingerprint density at radius 1 is 0.476 bits per heavy atom. The van der Waals surface area contributed by atoms with Gasteiger partial charge in [0.15, 0.2) is 0 Å². The van der Waals surface area contributed by atoms with Crippen LogP contribution in [0.25, 0.3) is 46.4 Å². The maximum atomic E-state index is 5.42. The minimum atomic E-state index is 0.343. The Morgan fingerprint density at radius 2 is 0.833 bits per heavy atom. The van der Waals surface area contributed by atoms with Crippen LogP contribution < -0.4 is 0 Å². The van der Waals surface area contributed by atoms with Crippen molar-refractivity contribution in [1.29, 1.82) is 0 Å². The first-order chi connectivity index (χ1) is 20.8. The Labute approximate surface area is 272 Å². The highest BCUT2D eigenvalue weighted by molar-refractivity contribution is 8.17. The molecule has 8 heterocycles. The Bertz CT molecular complexity index is 1590. The summed E-state index contributed by atoms with van der Waals surface area (Å²) in [5.41, 5.74) is 12.8. The van der Waals surface area contributed by atoms with Crippen LogP contribution >= 0.6 is 70.6 Å². The highest BCUT2D eigenvalue weighted by atomic mass is 32.2. The summed E-state index contributed by atoms with van der Waals surface area (Å²) in [5.74, 6) is 7.17. The summed E-state index contributed by atoms with van der Waals surface area (Å²) in [4.78, 5) is 18.4. The Balaban J connectivity index is 1.44. The van der Waals surface area contributed by atoms with E-state index in [1.165, 1.54) is 81.5 Å². The standard InChI is InChI=1S/C32H32N4S6/c1-12-37-30(38-13-1)27-21-6-4-19(33-21)18-20-5-7-22(34-20)28(31-39-14-2-15-40-31)24-9-11-26(36-24)29(25-10-8-23(27)35-25)32-41-16-3-17-42-32/h4-11,18,30-34H,1-3,12-17H2. The molecule has 0 unspecified atom stereocenters. The van der Waals surface area contributed by atoms with Crippen molar-refractivity contribution >= 4 is 117 Å². The van der Waals surface area contributed by atoms with Crippen LogP contribution in [0.4, 0.5) is 0 Å². The van der Waals surface area contributed by atoms with E-state index in [0.29, 0.717) is 13.7 Å². The fraction of sp³-hybridized carbons (Fsp3) is 0.375. The predicted molar refractivity (Wildman–Crippen MR) is 196 cm³/mol. The molecule has 8 bridgehead atoms. The van der Waals surface area contributed by atoms with Crippen LogP contribution in [-0.2, 0) is 0 Å². The first kappa shape index (κ1) is 28.2. The van der Waals surface area contributed by atoms with Crippen molar-refractivity contribution in [2.24, 2.45) is 0 Å². The van der Waals surface area contributed by atoms with E-state index in [2.05, 4.69) is 135 Å². The molecule has 0 atom stereocenters. The van der Waals surface area contributed by atoms with Gasteiger partial charge in [-0.05, 0) is 108 Å². The van der Waals surface area contributed by atoms with Gasteiger partial charge in [0.2, 0.25) is 0 Å². The van der Waals surface area contributed by atoms with Gasteiger partial charge in [0.25, 0.3) is 0 Å². The fourth-order valence-electron chi connectivity index (χ4n) is 5.91. The zero-order chi connectivity index (χ0) is 27.9. The van der Waals surface area contributed by atoms with E-state index in [1.54, 1.807) is 0 Å². The second-order valence-corrected chi connectivity index (χ2v) is 18.9. The lowest BCUT2D eigenvalue weighted by atomic mass is 10.2. The third kappa shape index (κ3) is 5.65. The second-order valence-electron chi connectivity index (χ2n) is 10.8. The minimum absolute atomic E-state index is 0.343. The van der Waals surface area contributed by atoms with Crippen molar-refractivity contribution in [3.05, 3.63) is 69.8 Å². The summed E-state index contributed by atoms with van der Waals surface area (Å²) in [6, 6.07) is 11.2. The Kier molecular flexibility index (Phi) is 8.46. The van der Waals surface area contributed by atoms with Gasteiger partial charge in [-0.15, -0.1) is 70.6 Å². The van der Waals surface area contributed by atoms with Gasteiger partial charge in [0, 0.05) is 38.8 Å². The zero-order valence-corrected chi connectivity index (χ0v) is 28.0. The predicted octanol–water partition coefficient (Wildman–Crippen LogP) is 10.3. The minimum Gasteiger partial charge on any atom is -0.355 e. The molecular formula is C32H32N4S6. The average Bonchev–Trinajstić information content (AvgIpc) is 3.86. The number of aromatic amines is 2. The first-order valence-corrected chi connectivity index (χ1v) is 20.9. The maximum absolute atomic E-state index is 5.42. The molecule has 2 N–H and O–H groups in total. The first-order valence-electron chi connectivity index (χ1n) is 14.6. The normalized spacial score (nSPS) is 20.4. The molecule has 0 saturated carbocycles. The molecule has 3 aromatic rings. The van der Waals surface area contributed by atoms with Gasteiger partial charge in [-0.1, -0.05) is 0 Å². The van der Waals surface area contributed by atoms with Crippen LogP contribution in [0.15, 0.2) is 30.3 Å². The molecule has 4 nitrogen and oxygen atoms in total. The summed E-state index contributed by atoms with van der Waals surface area (Å²) in [5, 5.41) is 0. The highest BCUT2D eigenvalue weighted by Crippen LogP contribution is 2.50. The van der Waals surface area contributed by atoms with E-state index in [4.69, 9.17) is 9.97 Å². The van der Waals surface area contributed by atoms with Crippen molar-refractivity contribution in [2.75, 3.05) is 34.5 Å². The number of nitrogens with zero attached hydrogens (tertiary/aromatic N) is 2. The average molecular weight is 665 g/mol. The van der Waals surface area contributed by atoms with E-state index in [1.807, 2.05) is 0 Å². The quantitative estimate of drug-likeness (QED) is 0.198. The molecule has 3 fully saturated rings. The van der Waals surface area contributed by atoms with Crippen molar-refractivity contribution < 1.29 is 0 Å². The molecule has 10 heteroatoms. The van der Waals surface area contributed by atoms with E-state index >= 15 is 0 Å². The number of thioether (sulfide) groups is 6. The molecule has 8 rings (SSSR count). The van der Waals surface area contributed by atoms with E-state index in [9.17, 15) is 0 Å². The van der Waals surface area contributed by atoms with Crippen molar-refractivity contribution in [3.8, 4) is 0 Å². The van der Waals surface area contributed by atoms with Gasteiger partial charge < -0.3 is 9.97 Å². The van der Waals surface area contributed by atoms with Crippen LogP contribution in [-0.4, -0.2) is 54.5 Å². The second kappa shape index (κ2) is 12.6. The number of hydrogen-bond donors (Lipinski definition) is 2. The summed E-state index contributed by atoms with van der Waals surface area (Å²) in [6.07, 6.45) is 12.8. The van der Waals surface area contributed by atoms with Gasteiger partial charge in [0.05, 0.1) is 36.5 Å². The smallest absolute Gasteiger partial charge is 0.0793 e. The molecule has 42 heavy (non-hydrogen) atoms. The summed E-state index contributed by atoms with van der Waals surface area (Å²) in [6.45, 7) is 0. The molecule has 216 valence electrons. The number of hydrogen-bond acceptors (Lipinski definition) is 8.